The molecule has 0 saturated carbocycles. The minimum absolute atomic E-state index is 0.0394. The molecule has 9 heteroatoms. The Labute approximate surface area is 189 Å². The fourth-order valence-corrected chi connectivity index (χ4v) is 5.19. The third-order valence-electron chi connectivity index (χ3n) is 5.42. The van der Waals surface area contributed by atoms with E-state index in [9.17, 15) is 13.2 Å². The molecular weight excluding hydrogens is 438 g/mol. The molecule has 2 aromatic rings. The lowest BCUT2D eigenvalue weighted by Gasteiger charge is -2.33. The monoisotopic (exact) mass is 465 g/mol. The summed E-state index contributed by atoms with van der Waals surface area (Å²) in [6, 6.07) is 14.0. The van der Waals surface area contributed by atoms with Crippen LogP contribution in [0.15, 0.2) is 53.4 Å². The minimum Gasteiger partial charge on any atom is -0.495 e. The summed E-state index contributed by atoms with van der Waals surface area (Å²) in [6.07, 6.45) is 0.500. The van der Waals surface area contributed by atoms with Crippen molar-refractivity contribution in [2.24, 2.45) is 0 Å². The van der Waals surface area contributed by atoms with Crippen LogP contribution < -0.4 is 4.74 Å². The van der Waals surface area contributed by atoms with Gasteiger partial charge in [-0.25, -0.2) is 8.42 Å². The number of methoxy groups -OCH3 is 1. The first-order valence-electron chi connectivity index (χ1n) is 10.1. The lowest BCUT2D eigenvalue weighted by Crippen LogP contribution is -2.51. The quantitative estimate of drug-likeness (QED) is 0.598. The first-order chi connectivity index (χ1) is 14.8. The molecule has 0 spiro atoms. The van der Waals surface area contributed by atoms with Crippen molar-refractivity contribution in [3.8, 4) is 5.75 Å². The van der Waals surface area contributed by atoms with Crippen LogP contribution in [0, 0.1) is 0 Å². The molecule has 1 saturated heterocycles. The van der Waals surface area contributed by atoms with Crippen LogP contribution >= 0.6 is 11.6 Å². The highest BCUT2D eigenvalue weighted by atomic mass is 35.5. The smallest absolute Gasteiger partial charge is 0.243 e. The van der Waals surface area contributed by atoms with Gasteiger partial charge in [0.2, 0.25) is 15.9 Å². The van der Waals surface area contributed by atoms with Crippen molar-refractivity contribution in [2.45, 2.75) is 11.3 Å². The predicted molar refractivity (Wildman–Crippen MR) is 121 cm³/mol. The predicted octanol–water partition coefficient (Wildman–Crippen LogP) is 2.36. The van der Waals surface area contributed by atoms with E-state index in [4.69, 9.17) is 16.3 Å². The summed E-state index contributed by atoms with van der Waals surface area (Å²) in [5, 5.41) is 0.206. The van der Waals surface area contributed by atoms with Crippen LogP contribution in [0.4, 0.5) is 0 Å². The van der Waals surface area contributed by atoms with Gasteiger partial charge in [0, 0.05) is 32.7 Å². The number of hydrogen-bond donors (Lipinski definition) is 0. The maximum atomic E-state index is 13.4. The van der Waals surface area contributed by atoms with Crippen LogP contribution in [0.25, 0.3) is 0 Å². The van der Waals surface area contributed by atoms with Crippen molar-refractivity contribution in [1.82, 2.24) is 14.1 Å². The van der Waals surface area contributed by atoms with Gasteiger partial charge in [0.1, 0.15) is 5.75 Å². The Kier molecular flexibility index (Phi) is 7.94. The van der Waals surface area contributed by atoms with E-state index in [2.05, 4.69) is 4.90 Å². The highest BCUT2D eigenvalue weighted by Crippen LogP contribution is 2.28. The second-order valence-electron chi connectivity index (χ2n) is 7.55. The van der Waals surface area contributed by atoms with Crippen LogP contribution in [0.3, 0.4) is 0 Å². The summed E-state index contributed by atoms with van der Waals surface area (Å²) >= 11 is 6.17. The van der Waals surface area contributed by atoms with E-state index in [1.807, 2.05) is 37.4 Å². The second-order valence-corrected chi connectivity index (χ2v) is 9.90. The van der Waals surface area contributed by atoms with Gasteiger partial charge in [-0.3, -0.25) is 4.79 Å². The Morgan fingerprint density at radius 2 is 1.77 bits per heavy atom. The van der Waals surface area contributed by atoms with E-state index in [0.717, 1.165) is 18.7 Å². The van der Waals surface area contributed by atoms with E-state index in [1.165, 1.54) is 29.6 Å². The number of carbonyl (C=O) groups excluding carboxylic acids is 1. The topological polar surface area (TPSA) is 70.2 Å². The number of hydrogen-bond acceptors (Lipinski definition) is 5. The normalized spacial score (nSPS) is 15.3. The number of halogens is 1. The molecule has 0 N–H and O–H groups in total. The average Bonchev–Trinajstić information content (AvgIpc) is 2.77. The van der Waals surface area contributed by atoms with E-state index >= 15 is 0 Å². The van der Waals surface area contributed by atoms with E-state index in [-0.39, 0.29) is 28.9 Å². The van der Waals surface area contributed by atoms with Crippen LogP contribution in [-0.2, 0) is 21.2 Å². The summed E-state index contributed by atoms with van der Waals surface area (Å²) in [5.41, 5.74) is 1.00. The van der Waals surface area contributed by atoms with E-state index in [1.54, 1.807) is 4.90 Å². The summed E-state index contributed by atoms with van der Waals surface area (Å²) in [5.74, 6) is 0.203. The number of carbonyl (C=O) groups is 1. The maximum absolute atomic E-state index is 13.4. The van der Waals surface area contributed by atoms with Gasteiger partial charge < -0.3 is 14.5 Å². The van der Waals surface area contributed by atoms with Gasteiger partial charge in [0.05, 0.1) is 23.6 Å². The Morgan fingerprint density at radius 3 is 2.39 bits per heavy atom. The van der Waals surface area contributed by atoms with Crippen molar-refractivity contribution in [3.05, 3.63) is 59.1 Å². The summed E-state index contributed by atoms with van der Waals surface area (Å²) in [4.78, 5) is 16.8. The van der Waals surface area contributed by atoms with Gasteiger partial charge in [-0.2, -0.15) is 4.31 Å². The molecule has 0 unspecified atom stereocenters. The van der Waals surface area contributed by atoms with Crippen molar-refractivity contribution >= 4 is 27.5 Å². The summed E-state index contributed by atoms with van der Waals surface area (Å²) in [6.45, 7) is 2.72. The first kappa shape index (κ1) is 23.5. The highest BCUT2D eigenvalue weighted by Gasteiger charge is 2.30. The number of sulfonamides is 1. The van der Waals surface area contributed by atoms with Crippen LogP contribution in [0.1, 0.15) is 5.56 Å². The van der Waals surface area contributed by atoms with E-state index in [0.29, 0.717) is 25.3 Å². The van der Waals surface area contributed by atoms with Crippen molar-refractivity contribution in [1.29, 1.82) is 0 Å². The number of piperazine rings is 1. The SMILES string of the molecule is COc1ccc(S(=O)(=O)N(CCc2ccccc2)CC(=O)N2CCN(C)CC2)cc1Cl. The fraction of sp³-hybridized carbons (Fsp3) is 0.409. The molecular formula is C22H28ClN3O4S. The van der Waals surface area contributed by atoms with Gasteiger partial charge >= 0.3 is 0 Å². The highest BCUT2D eigenvalue weighted by molar-refractivity contribution is 7.89. The number of benzene rings is 2. The Balaban J connectivity index is 1.83. The Bertz CT molecular complexity index is 993. The van der Waals surface area contributed by atoms with E-state index < -0.39 is 10.0 Å². The van der Waals surface area contributed by atoms with Gasteiger partial charge in [0.15, 0.2) is 0 Å². The van der Waals surface area contributed by atoms with Crippen LogP contribution in [-0.4, -0.2) is 81.9 Å². The largest absolute Gasteiger partial charge is 0.495 e. The van der Waals surface area contributed by atoms with Crippen LogP contribution in [0.5, 0.6) is 5.75 Å². The molecule has 0 atom stereocenters. The second kappa shape index (κ2) is 10.5. The number of amides is 1. The number of ether oxygens (including phenoxy) is 1. The molecule has 3 rings (SSSR count). The summed E-state index contributed by atoms with van der Waals surface area (Å²) in [7, 11) is -0.453. The van der Waals surface area contributed by atoms with Crippen molar-refractivity contribution in [3.63, 3.8) is 0 Å². The average molecular weight is 466 g/mol. The zero-order chi connectivity index (χ0) is 22.4. The third-order valence-corrected chi connectivity index (χ3v) is 7.56. The number of likely N-dealkylation sites (N-methyl/N-ethyl adjacent to an activating group) is 1. The molecule has 0 bridgehead atoms. The molecule has 1 fully saturated rings. The molecule has 1 aliphatic rings. The van der Waals surface area contributed by atoms with Gasteiger partial charge in [0.25, 0.3) is 0 Å². The molecule has 0 aromatic heterocycles. The number of nitrogens with zero attached hydrogens (tertiary/aromatic N) is 3. The van der Waals surface area contributed by atoms with Gasteiger partial charge in [-0.05, 0) is 37.2 Å². The first-order valence-corrected chi connectivity index (χ1v) is 12.0. The third kappa shape index (κ3) is 5.98. The lowest BCUT2D eigenvalue weighted by molar-refractivity contribution is -0.132. The molecule has 2 aromatic carbocycles. The maximum Gasteiger partial charge on any atom is 0.243 e. The molecule has 0 aliphatic carbocycles. The standard InChI is InChI=1S/C22H28ClN3O4S/c1-24-12-14-25(15-13-24)22(27)17-26(11-10-18-6-4-3-5-7-18)31(28,29)19-8-9-21(30-2)20(23)16-19/h3-9,16H,10-15,17H2,1-2H3. The molecule has 0 radical (unpaired) electrons. The van der Waals surface area contributed by atoms with Gasteiger partial charge in [-0.15, -0.1) is 0 Å². The molecule has 1 amide bonds. The molecule has 7 nitrogen and oxygen atoms in total. The van der Waals surface area contributed by atoms with Crippen molar-refractivity contribution < 1.29 is 17.9 Å². The zero-order valence-corrected chi connectivity index (χ0v) is 19.4. The Hall–Kier alpha value is -2.13. The molecule has 1 aliphatic heterocycles. The molecule has 1 heterocycles. The molecule has 168 valence electrons. The molecule has 31 heavy (non-hydrogen) atoms. The van der Waals surface area contributed by atoms with Gasteiger partial charge in [-0.1, -0.05) is 41.9 Å². The van der Waals surface area contributed by atoms with Crippen LogP contribution in [0.2, 0.25) is 5.02 Å². The summed E-state index contributed by atoms with van der Waals surface area (Å²) < 4.78 is 33.2. The zero-order valence-electron chi connectivity index (χ0n) is 17.8. The number of rotatable bonds is 8. The lowest BCUT2D eigenvalue weighted by atomic mass is 10.1. The van der Waals surface area contributed by atoms with Crippen molar-refractivity contribution in [2.75, 3.05) is 53.4 Å². The minimum atomic E-state index is -3.93. The fourth-order valence-electron chi connectivity index (χ4n) is 3.45. The Morgan fingerprint density at radius 1 is 1.10 bits per heavy atom.